The molecule has 0 atom stereocenters. The number of nitrogen functional groups attached to an aromatic ring is 1. The molecule has 1 aromatic heterocycles. The first kappa shape index (κ1) is 21.4. The molecule has 0 unspecified atom stereocenters. The van der Waals surface area contributed by atoms with Crippen LogP contribution in [0.3, 0.4) is 0 Å². The van der Waals surface area contributed by atoms with Crippen molar-refractivity contribution in [1.29, 1.82) is 0 Å². The quantitative estimate of drug-likeness (QED) is 0.275. The van der Waals surface area contributed by atoms with Crippen molar-refractivity contribution in [2.45, 2.75) is 25.2 Å². The molecule has 0 amide bonds. The molecule has 0 radical (unpaired) electrons. The van der Waals surface area contributed by atoms with Gasteiger partial charge in [-0.1, -0.05) is 6.08 Å². The second-order valence-corrected chi connectivity index (χ2v) is 8.85. The van der Waals surface area contributed by atoms with Crippen LogP contribution in [0.1, 0.15) is 19.0 Å². The summed E-state index contributed by atoms with van der Waals surface area (Å²) in [5, 5.41) is 10.6. The van der Waals surface area contributed by atoms with Crippen molar-refractivity contribution in [3.8, 4) is 0 Å². The van der Waals surface area contributed by atoms with Gasteiger partial charge in [-0.25, -0.2) is 4.68 Å². The summed E-state index contributed by atoms with van der Waals surface area (Å²) < 4.78 is 55.7. The summed E-state index contributed by atoms with van der Waals surface area (Å²) in [6, 6.07) is 3.64. The van der Waals surface area contributed by atoms with Gasteiger partial charge in [-0.2, -0.15) is 21.9 Å². The Morgan fingerprint density at radius 1 is 1.20 bits per heavy atom. The molecule has 1 heterocycles. The third-order valence-electron chi connectivity index (χ3n) is 4.38. The number of aromatic amines is 1. The minimum atomic E-state index is -4.55. The van der Waals surface area contributed by atoms with Gasteiger partial charge in [0.2, 0.25) is 10.3 Å². The number of azo groups is 1. The Kier molecular flexibility index (Phi) is 5.61. The lowest BCUT2D eigenvalue weighted by molar-refractivity contribution is 0.483. The van der Waals surface area contributed by atoms with Crippen molar-refractivity contribution in [1.82, 2.24) is 9.78 Å². The molecule has 3 rings (SSSR count). The average molecular weight is 451 g/mol. The number of nitrogens with one attached hydrogen (secondary N) is 1. The van der Waals surface area contributed by atoms with E-state index in [0.29, 0.717) is 17.0 Å². The summed E-state index contributed by atoms with van der Waals surface area (Å²) in [7, 11) is -6.96. The minimum absolute atomic E-state index is 0.0323. The van der Waals surface area contributed by atoms with E-state index in [2.05, 4.69) is 15.3 Å². The van der Waals surface area contributed by atoms with E-state index in [0.717, 1.165) is 6.07 Å². The standard InChI is InChI=1S/C17H17N5O6S2/c1-9-3-5-12(29(24)25)8-14(9)22-17(23)16(10(2)21-22)20-19-11-4-6-13(18)15(7-11)30(26,27)28/h3-7,21H,8,18H2,1-2H3,(H,26,27,28). The molecule has 1 aromatic carbocycles. The molecule has 0 spiro atoms. The Hall–Kier alpha value is -3.29. The summed E-state index contributed by atoms with van der Waals surface area (Å²) >= 11 is 0. The van der Waals surface area contributed by atoms with Gasteiger partial charge < -0.3 is 5.73 Å². The van der Waals surface area contributed by atoms with E-state index in [9.17, 15) is 26.2 Å². The molecular weight excluding hydrogens is 434 g/mol. The fourth-order valence-electron chi connectivity index (χ4n) is 2.81. The van der Waals surface area contributed by atoms with Gasteiger partial charge in [0.25, 0.3) is 15.7 Å². The van der Waals surface area contributed by atoms with Crippen LogP contribution in [0, 0.1) is 6.92 Å². The Morgan fingerprint density at radius 3 is 2.53 bits per heavy atom. The highest BCUT2D eigenvalue weighted by atomic mass is 32.2. The van der Waals surface area contributed by atoms with Crippen molar-refractivity contribution < 1.29 is 21.4 Å². The summed E-state index contributed by atoms with van der Waals surface area (Å²) in [6.07, 6.45) is 3.10. The first-order valence-corrected chi connectivity index (χ1v) is 10.9. The molecule has 4 N–H and O–H groups in total. The number of allylic oxidation sites excluding steroid dienone is 4. The van der Waals surface area contributed by atoms with Gasteiger partial charge in [-0.05, 0) is 43.7 Å². The maximum atomic E-state index is 12.8. The van der Waals surface area contributed by atoms with Crippen LogP contribution in [0.4, 0.5) is 17.1 Å². The molecule has 0 aliphatic heterocycles. The molecule has 0 fully saturated rings. The molecule has 2 aromatic rings. The Morgan fingerprint density at radius 2 is 1.90 bits per heavy atom. The lowest BCUT2D eigenvalue weighted by atomic mass is 10.0. The second kappa shape index (κ2) is 7.85. The molecule has 158 valence electrons. The molecule has 0 bridgehead atoms. The van der Waals surface area contributed by atoms with Gasteiger partial charge >= 0.3 is 0 Å². The molecule has 11 nitrogen and oxygen atoms in total. The lowest BCUT2D eigenvalue weighted by Gasteiger charge is -2.13. The topological polar surface area (TPSA) is 177 Å². The van der Waals surface area contributed by atoms with Crippen LogP contribution in [-0.4, -0.2) is 36.0 Å². The SMILES string of the molecule is CC1=C(n2[nH]c(C)c(N=Nc3ccc(N)c(S(=O)(=O)O)c3)c2=O)CC(=S(=O)=O)C=C1. The molecule has 0 saturated heterocycles. The Bertz CT molecular complexity index is 1430. The second-order valence-electron chi connectivity index (χ2n) is 6.46. The Balaban J connectivity index is 2.03. The van der Waals surface area contributed by atoms with Crippen molar-refractivity contribution in [2.24, 2.45) is 10.2 Å². The lowest BCUT2D eigenvalue weighted by Crippen LogP contribution is -2.20. The van der Waals surface area contributed by atoms with E-state index >= 15 is 0 Å². The van der Waals surface area contributed by atoms with E-state index in [4.69, 9.17) is 5.73 Å². The number of nitrogens with two attached hydrogens (primary N) is 1. The number of aromatic nitrogens is 2. The number of anilines is 1. The molecular formula is C17H17N5O6S2. The van der Waals surface area contributed by atoms with Crippen molar-refractivity contribution in [3.63, 3.8) is 0 Å². The highest BCUT2D eigenvalue weighted by Gasteiger charge is 2.19. The van der Waals surface area contributed by atoms with Crippen LogP contribution in [0.2, 0.25) is 0 Å². The van der Waals surface area contributed by atoms with Gasteiger partial charge in [-0.15, -0.1) is 5.11 Å². The fraction of sp³-hybridized carbons (Fsp3) is 0.176. The maximum absolute atomic E-state index is 12.8. The number of hydrogen-bond donors (Lipinski definition) is 3. The summed E-state index contributed by atoms with van der Waals surface area (Å²) in [5.74, 6) is 0. The van der Waals surface area contributed by atoms with Gasteiger partial charge in [0.05, 0.1) is 27.6 Å². The largest absolute Gasteiger partial charge is 0.398 e. The van der Waals surface area contributed by atoms with Crippen LogP contribution in [0.25, 0.3) is 5.70 Å². The van der Waals surface area contributed by atoms with Gasteiger partial charge in [-0.3, -0.25) is 14.4 Å². The van der Waals surface area contributed by atoms with E-state index in [1.807, 2.05) is 0 Å². The van der Waals surface area contributed by atoms with Crippen LogP contribution in [0.5, 0.6) is 0 Å². The van der Waals surface area contributed by atoms with Crippen LogP contribution in [0.15, 0.2) is 55.8 Å². The predicted molar refractivity (Wildman–Crippen MR) is 111 cm³/mol. The fourth-order valence-corrected chi connectivity index (χ4v) is 3.88. The number of H-pyrrole nitrogens is 1. The summed E-state index contributed by atoms with van der Waals surface area (Å²) in [6.45, 7) is 3.33. The zero-order valence-electron chi connectivity index (χ0n) is 15.8. The third-order valence-corrected chi connectivity index (χ3v) is 6.00. The van der Waals surface area contributed by atoms with Crippen LogP contribution < -0.4 is 11.3 Å². The zero-order chi connectivity index (χ0) is 22.2. The number of rotatable bonds is 4. The monoisotopic (exact) mass is 451 g/mol. The van der Waals surface area contributed by atoms with E-state index in [-0.39, 0.29) is 28.3 Å². The highest BCUT2D eigenvalue weighted by molar-refractivity contribution is 7.86. The predicted octanol–water partition coefficient (Wildman–Crippen LogP) is 1.97. The van der Waals surface area contributed by atoms with E-state index < -0.39 is 30.9 Å². The number of aryl methyl sites for hydroxylation is 1. The number of benzene rings is 1. The van der Waals surface area contributed by atoms with Crippen molar-refractivity contribution in [3.05, 3.63) is 52.0 Å². The summed E-state index contributed by atoms with van der Waals surface area (Å²) in [4.78, 5) is 12.4. The van der Waals surface area contributed by atoms with E-state index in [1.165, 1.54) is 22.9 Å². The van der Waals surface area contributed by atoms with Crippen LogP contribution in [-0.2, 0) is 20.4 Å². The van der Waals surface area contributed by atoms with Crippen molar-refractivity contribution >= 4 is 48.0 Å². The number of hydrogen-bond acceptors (Lipinski definition) is 8. The average Bonchev–Trinajstić information content (AvgIpc) is 2.94. The highest BCUT2D eigenvalue weighted by Crippen LogP contribution is 2.27. The Labute approximate surface area is 172 Å². The van der Waals surface area contributed by atoms with Crippen molar-refractivity contribution in [2.75, 3.05) is 5.73 Å². The number of nitrogens with zero attached hydrogens (tertiary/aromatic N) is 3. The smallest absolute Gasteiger partial charge is 0.299 e. The van der Waals surface area contributed by atoms with E-state index in [1.54, 1.807) is 19.9 Å². The molecule has 13 heteroatoms. The first-order valence-electron chi connectivity index (χ1n) is 8.42. The van der Waals surface area contributed by atoms with Gasteiger partial charge in [0.15, 0.2) is 5.69 Å². The van der Waals surface area contributed by atoms with Crippen LogP contribution >= 0.6 is 0 Å². The molecule has 30 heavy (non-hydrogen) atoms. The minimum Gasteiger partial charge on any atom is -0.398 e. The van der Waals surface area contributed by atoms with Gasteiger partial charge in [0.1, 0.15) is 4.90 Å². The van der Waals surface area contributed by atoms with Gasteiger partial charge in [0, 0.05) is 6.42 Å². The maximum Gasteiger partial charge on any atom is 0.299 e. The zero-order valence-corrected chi connectivity index (χ0v) is 17.5. The normalized spacial score (nSPS) is 14.7. The molecule has 1 aliphatic carbocycles. The molecule has 1 aliphatic rings. The third kappa shape index (κ3) is 4.17. The summed E-state index contributed by atoms with van der Waals surface area (Å²) in [5.41, 5.74) is 6.36. The first-order chi connectivity index (χ1) is 14.0. The molecule has 0 saturated carbocycles.